The summed E-state index contributed by atoms with van der Waals surface area (Å²) in [5, 5.41) is 9.71. The molecule has 9 heteroatoms. The smallest absolute Gasteiger partial charge is 0.325 e. The van der Waals surface area contributed by atoms with Crippen LogP contribution in [0.15, 0.2) is 47.8 Å². The molecule has 3 amide bonds. The summed E-state index contributed by atoms with van der Waals surface area (Å²) in [6.07, 6.45) is -0.0727. The average Bonchev–Trinajstić information content (AvgIpc) is 3.06. The van der Waals surface area contributed by atoms with Gasteiger partial charge in [0, 0.05) is 22.8 Å². The highest BCUT2D eigenvalue weighted by molar-refractivity contribution is 7.14. The van der Waals surface area contributed by atoms with Crippen molar-refractivity contribution in [3.05, 3.63) is 70.7 Å². The number of aromatic nitrogens is 1. The first-order valence-electron chi connectivity index (χ1n) is 8.23. The number of urea groups is 1. The zero-order chi connectivity index (χ0) is 20.1. The van der Waals surface area contributed by atoms with Gasteiger partial charge in [-0.1, -0.05) is 17.7 Å². The molecule has 0 aliphatic heterocycles. The minimum absolute atomic E-state index is 0.0727. The second-order valence-corrected chi connectivity index (χ2v) is 6.80. The number of nitrogens with one attached hydrogen (secondary N) is 3. The summed E-state index contributed by atoms with van der Waals surface area (Å²) in [4.78, 5) is 28.2. The molecule has 144 valence electrons. The lowest BCUT2D eigenvalue weighted by atomic mass is 10.2. The molecule has 0 atom stereocenters. The molecule has 0 radical (unpaired) electrons. The number of thiazole rings is 1. The van der Waals surface area contributed by atoms with E-state index in [4.69, 9.17) is 0 Å². The quantitative estimate of drug-likeness (QED) is 0.585. The first-order chi connectivity index (χ1) is 13.4. The second kappa shape index (κ2) is 8.57. The fraction of sp³-hybridized carbons (Fsp3) is 0.105. The van der Waals surface area contributed by atoms with E-state index in [0.717, 1.165) is 17.7 Å². The molecule has 0 unspecified atom stereocenters. The average molecular weight is 402 g/mol. The SMILES string of the molecule is Cc1ccc(NC(=O)Nc2nc(CC(=O)Nc3ccc(F)c(F)c3)cs2)cc1. The van der Waals surface area contributed by atoms with Crippen LogP contribution in [0.1, 0.15) is 11.3 Å². The third-order valence-corrected chi connectivity index (χ3v) is 4.43. The highest BCUT2D eigenvalue weighted by Crippen LogP contribution is 2.18. The number of hydrogen-bond acceptors (Lipinski definition) is 4. The molecule has 3 N–H and O–H groups in total. The molecule has 3 rings (SSSR count). The zero-order valence-corrected chi connectivity index (χ0v) is 15.6. The van der Waals surface area contributed by atoms with Gasteiger partial charge in [0.25, 0.3) is 0 Å². The number of hydrogen-bond donors (Lipinski definition) is 3. The summed E-state index contributed by atoms with van der Waals surface area (Å²) in [5.74, 6) is -2.47. The summed E-state index contributed by atoms with van der Waals surface area (Å²) in [7, 11) is 0. The maximum atomic E-state index is 13.2. The summed E-state index contributed by atoms with van der Waals surface area (Å²) < 4.78 is 26.1. The molecule has 0 saturated carbocycles. The highest BCUT2D eigenvalue weighted by Gasteiger charge is 2.11. The lowest BCUT2D eigenvalue weighted by molar-refractivity contribution is -0.115. The van der Waals surface area contributed by atoms with Crippen LogP contribution in [0.4, 0.5) is 30.1 Å². The van der Waals surface area contributed by atoms with Crippen molar-refractivity contribution in [2.75, 3.05) is 16.0 Å². The molecular weight excluding hydrogens is 386 g/mol. The van der Waals surface area contributed by atoms with Crippen LogP contribution in [-0.4, -0.2) is 16.9 Å². The van der Waals surface area contributed by atoms with Gasteiger partial charge in [0.2, 0.25) is 5.91 Å². The zero-order valence-electron chi connectivity index (χ0n) is 14.8. The normalized spacial score (nSPS) is 10.4. The van der Waals surface area contributed by atoms with Crippen molar-refractivity contribution in [1.29, 1.82) is 0 Å². The van der Waals surface area contributed by atoms with Crippen molar-refractivity contribution in [3.8, 4) is 0 Å². The minimum Gasteiger partial charge on any atom is -0.326 e. The van der Waals surface area contributed by atoms with E-state index >= 15 is 0 Å². The van der Waals surface area contributed by atoms with Gasteiger partial charge in [0.05, 0.1) is 12.1 Å². The number of benzene rings is 2. The van der Waals surface area contributed by atoms with Crippen molar-refractivity contribution in [3.63, 3.8) is 0 Å². The number of halogens is 2. The summed E-state index contributed by atoms with van der Waals surface area (Å²) in [5.41, 5.74) is 2.31. The Balaban J connectivity index is 1.53. The third-order valence-electron chi connectivity index (χ3n) is 3.63. The minimum atomic E-state index is -1.04. The van der Waals surface area contributed by atoms with Crippen molar-refractivity contribution in [1.82, 2.24) is 4.98 Å². The van der Waals surface area contributed by atoms with Crippen LogP contribution in [0, 0.1) is 18.6 Å². The predicted octanol–water partition coefficient (Wildman–Crippen LogP) is 4.55. The van der Waals surface area contributed by atoms with Gasteiger partial charge in [-0.25, -0.2) is 18.6 Å². The molecule has 0 saturated heterocycles. The predicted molar refractivity (Wildman–Crippen MR) is 105 cm³/mol. The van der Waals surface area contributed by atoms with Crippen LogP contribution in [0.2, 0.25) is 0 Å². The fourth-order valence-electron chi connectivity index (χ4n) is 2.29. The molecule has 0 aliphatic carbocycles. The molecule has 6 nitrogen and oxygen atoms in total. The molecular formula is C19H16F2N4O2S. The molecule has 1 aromatic heterocycles. The first kappa shape index (κ1) is 19.4. The van der Waals surface area contributed by atoms with Gasteiger partial charge in [-0.05, 0) is 31.2 Å². The van der Waals surface area contributed by atoms with Gasteiger partial charge >= 0.3 is 6.03 Å². The summed E-state index contributed by atoms with van der Waals surface area (Å²) >= 11 is 1.17. The van der Waals surface area contributed by atoms with Crippen molar-refractivity contribution in [2.45, 2.75) is 13.3 Å². The Hall–Kier alpha value is -3.33. The fourth-order valence-corrected chi connectivity index (χ4v) is 2.99. The van der Waals surface area contributed by atoms with Gasteiger partial charge in [0.1, 0.15) is 0 Å². The Morgan fingerprint density at radius 1 is 0.964 bits per heavy atom. The van der Waals surface area contributed by atoms with Crippen molar-refractivity contribution < 1.29 is 18.4 Å². The number of carbonyl (C=O) groups is 2. The van der Waals surface area contributed by atoms with Crippen LogP contribution in [0.5, 0.6) is 0 Å². The van der Waals surface area contributed by atoms with Crippen LogP contribution in [-0.2, 0) is 11.2 Å². The van der Waals surface area contributed by atoms with Crippen LogP contribution < -0.4 is 16.0 Å². The number of amides is 3. The maximum absolute atomic E-state index is 13.2. The van der Waals surface area contributed by atoms with E-state index in [-0.39, 0.29) is 12.1 Å². The van der Waals surface area contributed by atoms with E-state index in [1.165, 1.54) is 17.4 Å². The van der Waals surface area contributed by atoms with Gasteiger partial charge in [-0.15, -0.1) is 11.3 Å². The standard InChI is InChI=1S/C19H16F2N4O2S/c1-11-2-4-12(5-3-11)23-18(27)25-19-24-14(10-28-19)9-17(26)22-13-6-7-15(20)16(21)8-13/h2-8,10H,9H2,1H3,(H,22,26)(H2,23,24,25,27). The highest BCUT2D eigenvalue weighted by atomic mass is 32.1. The van der Waals surface area contributed by atoms with Crippen LogP contribution in [0.3, 0.4) is 0 Å². The molecule has 0 aliphatic rings. The maximum Gasteiger partial charge on any atom is 0.325 e. The van der Waals surface area contributed by atoms with Gasteiger partial charge in [0.15, 0.2) is 16.8 Å². The number of anilines is 3. The van der Waals surface area contributed by atoms with Gasteiger partial charge < -0.3 is 10.6 Å². The molecule has 0 fully saturated rings. The number of aryl methyl sites for hydroxylation is 1. The van der Waals surface area contributed by atoms with Crippen molar-refractivity contribution >= 4 is 39.8 Å². The molecule has 0 spiro atoms. The number of carbonyl (C=O) groups excluding carboxylic acids is 2. The Morgan fingerprint density at radius 2 is 1.68 bits per heavy atom. The third kappa shape index (κ3) is 5.34. The Morgan fingerprint density at radius 3 is 2.39 bits per heavy atom. The largest absolute Gasteiger partial charge is 0.326 e. The lowest BCUT2D eigenvalue weighted by Gasteiger charge is -2.05. The summed E-state index contributed by atoms with van der Waals surface area (Å²) in [6.45, 7) is 1.95. The summed E-state index contributed by atoms with van der Waals surface area (Å²) in [6, 6.07) is 9.97. The van der Waals surface area contributed by atoms with Gasteiger partial charge in [-0.3, -0.25) is 10.1 Å². The van der Waals surface area contributed by atoms with E-state index < -0.39 is 23.6 Å². The van der Waals surface area contributed by atoms with Gasteiger partial charge in [-0.2, -0.15) is 0 Å². The first-order valence-corrected chi connectivity index (χ1v) is 9.11. The van der Waals surface area contributed by atoms with E-state index in [1.807, 2.05) is 19.1 Å². The molecule has 1 heterocycles. The van der Waals surface area contributed by atoms with E-state index in [2.05, 4.69) is 20.9 Å². The molecule has 3 aromatic rings. The lowest BCUT2D eigenvalue weighted by Crippen LogP contribution is -2.19. The molecule has 2 aromatic carbocycles. The number of rotatable bonds is 5. The Labute approximate surface area is 163 Å². The topological polar surface area (TPSA) is 83.1 Å². The molecule has 28 heavy (non-hydrogen) atoms. The second-order valence-electron chi connectivity index (χ2n) is 5.94. The number of nitrogens with zero attached hydrogens (tertiary/aromatic N) is 1. The van der Waals surface area contributed by atoms with E-state index in [0.29, 0.717) is 16.5 Å². The molecule has 0 bridgehead atoms. The van der Waals surface area contributed by atoms with E-state index in [9.17, 15) is 18.4 Å². The van der Waals surface area contributed by atoms with E-state index in [1.54, 1.807) is 17.5 Å². The monoisotopic (exact) mass is 402 g/mol. The Bertz CT molecular complexity index is 1010. The van der Waals surface area contributed by atoms with Crippen LogP contribution >= 0.6 is 11.3 Å². The Kier molecular flexibility index (Phi) is 5.95. The van der Waals surface area contributed by atoms with Crippen molar-refractivity contribution in [2.24, 2.45) is 0 Å². The van der Waals surface area contributed by atoms with Crippen LogP contribution in [0.25, 0.3) is 0 Å².